The molecule has 34 heavy (non-hydrogen) atoms. The first kappa shape index (κ1) is 25.6. The fourth-order valence-electron chi connectivity index (χ4n) is 2.90. The van der Waals surface area contributed by atoms with Gasteiger partial charge in [0.2, 0.25) is 5.88 Å². The van der Waals surface area contributed by atoms with Crippen LogP contribution in [0.3, 0.4) is 0 Å². The molecule has 2 aromatic carbocycles. The van der Waals surface area contributed by atoms with Crippen LogP contribution in [0.4, 0.5) is 26.3 Å². The van der Waals surface area contributed by atoms with Crippen LogP contribution in [-0.2, 0) is 18.8 Å². The van der Waals surface area contributed by atoms with Gasteiger partial charge >= 0.3 is 12.4 Å². The van der Waals surface area contributed by atoms with E-state index in [-0.39, 0.29) is 34.6 Å². The number of nitrogens with one attached hydrogen (secondary N) is 1. The molecule has 1 heterocycles. The Morgan fingerprint density at radius 1 is 0.941 bits per heavy atom. The van der Waals surface area contributed by atoms with Gasteiger partial charge in [-0.15, -0.1) is 0 Å². The third-order valence-electron chi connectivity index (χ3n) is 4.53. The maximum absolute atomic E-state index is 13.1. The number of hydrogen-bond acceptors (Lipinski definition) is 3. The third kappa shape index (κ3) is 6.32. The molecule has 0 spiro atoms. The second-order valence-corrected chi connectivity index (χ2v) is 7.73. The summed E-state index contributed by atoms with van der Waals surface area (Å²) in [6, 6.07) is 9.46. The maximum atomic E-state index is 13.1. The molecule has 1 amide bonds. The van der Waals surface area contributed by atoms with Crippen LogP contribution < -0.4 is 10.1 Å². The average Bonchev–Trinajstić information content (AvgIpc) is 2.75. The molecule has 0 saturated carbocycles. The van der Waals surface area contributed by atoms with Crippen molar-refractivity contribution in [3.8, 4) is 11.6 Å². The van der Waals surface area contributed by atoms with E-state index in [1.165, 1.54) is 30.3 Å². The van der Waals surface area contributed by atoms with E-state index in [0.717, 1.165) is 12.1 Å². The summed E-state index contributed by atoms with van der Waals surface area (Å²) in [7, 11) is 0. The lowest BCUT2D eigenvalue weighted by molar-refractivity contribution is -0.138. The Morgan fingerprint density at radius 2 is 1.65 bits per heavy atom. The molecular weight excluding hydrogens is 509 g/mol. The number of pyridine rings is 1. The molecule has 0 fully saturated rings. The molecule has 12 heteroatoms. The number of halogens is 8. The largest absolute Gasteiger partial charge is 0.437 e. The lowest BCUT2D eigenvalue weighted by Gasteiger charge is -2.13. The molecule has 180 valence electrons. The molecule has 3 aromatic rings. The first-order valence-corrected chi connectivity index (χ1v) is 10.3. The summed E-state index contributed by atoms with van der Waals surface area (Å²) in [5.74, 6) is -0.993. The van der Waals surface area contributed by atoms with Crippen molar-refractivity contribution < 1.29 is 35.9 Å². The number of carbonyl (C=O) groups is 1. The van der Waals surface area contributed by atoms with Crippen molar-refractivity contribution in [3.63, 3.8) is 0 Å². The molecule has 4 nitrogen and oxygen atoms in total. The Labute approximate surface area is 199 Å². The Morgan fingerprint density at radius 3 is 2.26 bits per heavy atom. The summed E-state index contributed by atoms with van der Waals surface area (Å²) in [6.07, 6.45) is -8.50. The van der Waals surface area contributed by atoms with Crippen LogP contribution in [0.25, 0.3) is 0 Å². The third-order valence-corrected chi connectivity index (χ3v) is 5.15. The summed E-state index contributed by atoms with van der Waals surface area (Å²) < 4.78 is 82.7. The molecular formula is C22H14Cl2F6N2O2. The number of amides is 1. The molecule has 0 radical (unpaired) electrons. The van der Waals surface area contributed by atoms with Crippen molar-refractivity contribution in [1.29, 1.82) is 0 Å². The number of ether oxygens (including phenoxy) is 1. The lowest BCUT2D eigenvalue weighted by Crippen LogP contribution is -2.28. The van der Waals surface area contributed by atoms with E-state index >= 15 is 0 Å². The summed E-state index contributed by atoms with van der Waals surface area (Å²) >= 11 is 12.0. The van der Waals surface area contributed by atoms with E-state index in [0.29, 0.717) is 17.8 Å². The fourth-order valence-corrected chi connectivity index (χ4v) is 3.37. The molecule has 0 aliphatic rings. The topological polar surface area (TPSA) is 51.2 Å². The van der Waals surface area contributed by atoms with E-state index < -0.39 is 35.0 Å². The molecule has 0 unspecified atom stereocenters. The monoisotopic (exact) mass is 522 g/mol. The number of hydrogen-bond donors (Lipinski definition) is 1. The smallest absolute Gasteiger partial charge is 0.417 e. The van der Waals surface area contributed by atoms with E-state index in [1.54, 1.807) is 0 Å². The lowest BCUT2D eigenvalue weighted by atomic mass is 10.1. The first-order chi connectivity index (χ1) is 15.9. The number of nitrogens with zero attached hydrogens (tertiary/aromatic N) is 1. The highest BCUT2D eigenvalue weighted by atomic mass is 35.5. The minimum Gasteiger partial charge on any atom is -0.437 e. The molecule has 0 atom stereocenters. The zero-order chi connectivity index (χ0) is 25.1. The van der Waals surface area contributed by atoms with Crippen molar-refractivity contribution in [2.24, 2.45) is 0 Å². The first-order valence-electron chi connectivity index (χ1n) is 9.49. The molecule has 3 rings (SSSR count). The van der Waals surface area contributed by atoms with Gasteiger partial charge in [-0.2, -0.15) is 26.3 Å². The van der Waals surface area contributed by atoms with Gasteiger partial charge < -0.3 is 10.1 Å². The van der Waals surface area contributed by atoms with Crippen molar-refractivity contribution in [1.82, 2.24) is 10.3 Å². The van der Waals surface area contributed by atoms with Crippen LogP contribution >= 0.6 is 23.2 Å². The second kappa shape index (κ2) is 10.1. The van der Waals surface area contributed by atoms with Gasteiger partial charge in [-0.05, 0) is 42.3 Å². The standard InChI is InChI=1S/C22H14Cl2F6N2O2/c23-17-10-14(34-20-18(24)9-13(11-32-20)21(25,26)27)6-5-12(17)7-8-31-19(33)15-3-1-2-4-16(15)22(28,29)30/h1-6,9-11H,7-8H2,(H,31,33). The maximum Gasteiger partial charge on any atom is 0.417 e. The summed E-state index contributed by atoms with van der Waals surface area (Å²) in [5, 5.41) is 2.27. The molecule has 0 bridgehead atoms. The van der Waals surface area contributed by atoms with Crippen LogP contribution in [0.1, 0.15) is 27.0 Å². The van der Waals surface area contributed by atoms with Crippen molar-refractivity contribution in [2.75, 3.05) is 6.54 Å². The number of alkyl halides is 6. The highest BCUT2D eigenvalue weighted by Gasteiger charge is 2.35. The zero-order valence-corrected chi connectivity index (χ0v) is 18.4. The Hall–Kier alpha value is -2.98. The van der Waals surface area contributed by atoms with Crippen LogP contribution in [0.15, 0.2) is 54.7 Å². The number of benzene rings is 2. The van der Waals surface area contributed by atoms with E-state index in [4.69, 9.17) is 27.9 Å². The van der Waals surface area contributed by atoms with Crippen LogP contribution in [-0.4, -0.2) is 17.4 Å². The predicted molar refractivity (Wildman–Crippen MR) is 113 cm³/mol. The second-order valence-electron chi connectivity index (χ2n) is 6.91. The van der Waals surface area contributed by atoms with Crippen LogP contribution in [0.2, 0.25) is 10.0 Å². The van der Waals surface area contributed by atoms with Crippen LogP contribution in [0, 0.1) is 0 Å². The minimum atomic E-state index is -4.67. The van der Waals surface area contributed by atoms with Crippen molar-refractivity contribution in [2.45, 2.75) is 18.8 Å². The molecule has 1 N–H and O–H groups in total. The molecule has 0 aliphatic heterocycles. The number of rotatable bonds is 6. The number of aromatic nitrogens is 1. The predicted octanol–water partition coefficient (Wildman–Crippen LogP) is 7.19. The van der Waals surface area contributed by atoms with Crippen molar-refractivity contribution >= 4 is 29.1 Å². The van der Waals surface area contributed by atoms with Gasteiger partial charge in [-0.1, -0.05) is 41.4 Å². The van der Waals surface area contributed by atoms with Gasteiger partial charge in [0.15, 0.2) is 0 Å². The van der Waals surface area contributed by atoms with E-state index in [1.807, 2.05) is 0 Å². The highest BCUT2D eigenvalue weighted by molar-refractivity contribution is 6.32. The Balaban J connectivity index is 1.63. The summed E-state index contributed by atoms with van der Waals surface area (Å²) in [5.41, 5.74) is -2.02. The molecule has 1 aromatic heterocycles. The fraction of sp³-hybridized carbons (Fsp3) is 0.182. The zero-order valence-electron chi connectivity index (χ0n) is 16.9. The minimum absolute atomic E-state index is 0.00274. The molecule has 0 aliphatic carbocycles. The highest BCUT2D eigenvalue weighted by Crippen LogP contribution is 2.35. The molecule has 0 saturated heterocycles. The normalized spacial score (nSPS) is 11.9. The summed E-state index contributed by atoms with van der Waals surface area (Å²) in [4.78, 5) is 15.8. The van der Waals surface area contributed by atoms with Crippen molar-refractivity contribution in [3.05, 3.63) is 87.0 Å². The quantitative estimate of drug-likeness (QED) is 0.348. The Kier molecular flexibility index (Phi) is 7.62. The van der Waals surface area contributed by atoms with Gasteiger partial charge in [0.25, 0.3) is 5.91 Å². The van der Waals surface area contributed by atoms with Gasteiger partial charge in [0, 0.05) is 17.8 Å². The van der Waals surface area contributed by atoms with Gasteiger partial charge in [-0.3, -0.25) is 4.79 Å². The van der Waals surface area contributed by atoms with Gasteiger partial charge in [-0.25, -0.2) is 4.98 Å². The summed E-state index contributed by atoms with van der Waals surface area (Å²) in [6.45, 7) is -0.00274. The SMILES string of the molecule is O=C(NCCc1ccc(Oc2ncc(C(F)(F)F)cc2Cl)cc1Cl)c1ccccc1C(F)(F)F. The van der Waals surface area contributed by atoms with Crippen LogP contribution in [0.5, 0.6) is 11.6 Å². The number of carbonyl (C=O) groups excluding carboxylic acids is 1. The van der Waals surface area contributed by atoms with E-state index in [2.05, 4.69) is 10.3 Å². The van der Waals surface area contributed by atoms with E-state index in [9.17, 15) is 31.1 Å². The van der Waals surface area contributed by atoms with Gasteiger partial charge in [0.05, 0.1) is 16.7 Å². The van der Waals surface area contributed by atoms with Gasteiger partial charge in [0.1, 0.15) is 10.8 Å². The average molecular weight is 523 g/mol. The Bertz CT molecular complexity index is 1200.